The van der Waals surface area contributed by atoms with E-state index in [4.69, 9.17) is 17.3 Å². The maximum absolute atomic E-state index is 10.9. The molecule has 6 heteroatoms. The first-order valence-electron chi connectivity index (χ1n) is 6.87. The summed E-state index contributed by atoms with van der Waals surface area (Å²) in [5, 5.41) is 11.1. The summed E-state index contributed by atoms with van der Waals surface area (Å²) in [5.74, 6) is 0. The van der Waals surface area contributed by atoms with Crippen LogP contribution in [0.1, 0.15) is 31.7 Å². The second-order valence-electron chi connectivity index (χ2n) is 5.62. The van der Waals surface area contributed by atoms with E-state index in [9.17, 15) is 10.1 Å². The molecule has 1 aliphatic heterocycles. The summed E-state index contributed by atoms with van der Waals surface area (Å²) >= 11 is 5.83. The van der Waals surface area contributed by atoms with Gasteiger partial charge in [0.15, 0.2) is 0 Å². The zero-order valence-corrected chi connectivity index (χ0v) is 12.4. The smallest absolute Gasteiger partial charge is 0.288 e. The molecular weight excluding hydrogens is 278 g/mol. The first-order valence-corrected chi connectivity index (χ1v) is 7.25. The van der Waals surface area contributed by atoms with Gasteiger partial charge in [0, 0.05) is 12.5 Å². The van der Waals surface area contributed by atoms with Gasteiger partial charge in [-0.3, -0.25) is 15.0 Å². The van der Waals surface area contributed by atoms with Crippen molar-refractivity contribution < 1.29 is 4.92 Å². The molecular formula is C14H20ClN3O2. The molecule has 0 amide bonds. The standard InChI is InChI=1S/C14H20ClN3O2/c1-14(16,17-7-3-2-4-8-17)10-11-5-6-12(15)13(9-11)18(19)20/h5-6,9H,2-4,7-8,10,16H2,1H3. The van der Waals surface area contributed by atoms with Crippen LogP contribution >= 0.6 is 11.6 Å². The van der Waals surface area contributed by atoms with Gasteiger partial charge in [0.25, 0.3) is 5.69 Å². The minimum Gasteiger partial charge on any atom is -0.313 e. The Morgan fingerprint density at radius 2 is 2.05 bits per heavy atom. The van der Waals surface area contributed by atoms with Crippen molar-refractivity contribution >= 4 is 17.3 Å². The molecule has 2 rings (SSSR count). The Bertz CT molecular complexity index is 499. The Kier molecular flexibility index (Phi) is 4.62. The largest absolute Gasteiger partial charge is 0.313 e. The van der Waals surface area contributed by atoms with Gasteiger partial charge in [-0.1, -0.05) is 24.1 Å². The zero-order chi connectivity index (χ0) is 14.8. The maximum Gasteiger partial charge on any atom is 0.288 e. The summed E-state index contributed by atoms with van der Waals surface area (Å²) in [5.41, 5.74) is 6.71. The molecule has 0 bridgehead atoms. The van der Waals surface area contributed by atoms with Crippen LogP contribution in [0.4, 0.5) is 5.69 Å². The lowest BCUT2D eigenvalue weighted by Crippen LogP contribution is -2.56. The predicted octanol–water partition coefficient (Wildman–Crippen LogP) is 2.95. The van der Waals surface area contributed by atoms with Crippen LogP contribution in [0.25, 0.3) is 0 Å². The quantitative estimate of drug-likeness (QED) is 0.685. The minimum absolute atomic E-state index is 0.0568. The molecule has 5 nitrogen and oxygen atoms in total. The lowest BCUT2D eigenvalue weighted by molar-refractivity contribution is -0.384. The number of halogens is 1. The van der Waals surface area contributed by atoms with Gasteiger partial charge in [0.2, 0.25) is 0 Å². The molecule has 1 fully saturated rings. The molecule has 1 saturated heterocycles. The Balaban J connectivity index is 2.16. The first-order chi connectivity index (χ1) is 9.40. The van der Waals surface area contributed by atoms with Crippen molar-refractivity contribution in [1.29, 1.82) is 0 Å². The molecule has 0 aromatic heterocycles. The van der Waals surface area contributed by atoms with E-state index < -0.39 is 10.6 Å². The van der Waals surface area contributed by atoms with Crippen molar-refractivity contribution in [3.63, 3.8) is 0 Å². The first kappa shape index (κ1) is 15.2. The fraction of sp³-hybridized carbons (Fsp3) is 0.571. The van der Waals surface area contributed by atoms with Crippen LogP contribution < -0.4 is 5.73 Å². The second kappa shape index (κ2) is 6.08. The van der Waals surface area contributed by atoms with Crippen molar-refractivity contribution in [2.75, 3.05) is 13.1 Å². The molecule has 0 saturated carbocycles. The van der Waals surface area contributed by atoms with Gasteiger partial charge in [-0.15, -0.1) is 0 Å². The van der Waals surface area contributed by atoms with Crippen LogP contribution in [-0.2, 0) is 6.42 Å². The van der Waals surface area contributed by atoms with E-state index in [2.05, 4.69) is 4.90 Å². The normalized spacial score (nSPS) is 19.6. The highest BCUT2D eigenvalue weighted by atomic mass is 35.5. The van der Waals surface area contributed by atoms with Gasteiger partial charge >= 0.3 is 0 Å². The molecule has 1 aliphatic rings. The van der Waals surface area contributed by atoms with Crippen LogP contribution in [0.3, 0.4) is 0 Å². The minimum atomic E-state index is -0.484. The number of rotatable bonds is 4. The van der Waals surface area contributed by atoms with E-state index in [1.165, 1.54) is 12.5 Å². The molecule has 1 aromatic carbocycles. The summed E-state index contributed by atoms with van der Waals surface area (Å²) in [6, 6.07) is 4.91. The van der Waals surface area contributed by atoms with E-state index in [-0.39, 0.29) is 10.7 Å². The molecule has 2 N–H and O–H groups in total. The van der Waals surface area contributed by atoms with Gasteiger partial charge in [-0.05, 0) is 44.5 Å². The van der Waals surface area contributed by atoms with Gasteiger partial charge in [-0.2, -0.15) is 0 Å². The van der Waals surface area contributed by atoms with Crippen molar-refractivity contribution in [3.05, 3.63) is 38.9 Å². The summed E-state index contributed by atoms with van der Waals surface area (Å²) in [6.07, 6.45) is 4.14. The third-order valence-corrected chi connectivity index (χ3v) is 4.17. The summed E-state index contributed by atoms with van der Waals surface area (Å²) in [6.45, 7) is 3.96. The highest BCUT2D eigenvalue weighted by molar-refractivity contribution is 6.32. The van der Waals surface area contributed by atoms with Gasteiger partial charge in [-0.25, -0.2) is 0 Å². The van der Waals surface area contributed by atoms with E-state index in [1.54, 1.807) is 6.07 Å². The highest BCUT2D eigenvalue weighted by Gasteiger charge is 2.29. The van der Waals surface area contributed by atoms with Crippen molar-refractivity contribution in [1.82, 2.24) is 4.90 Å². The van der Waals surface area contributed by atoms with Gasteiger partial charge in [0.1, 0.15) is 5.02 Å². The molecule has 1 heterocycles. The zero-order valence-electron chi connectivity index (χ0n) is 11.6. The monoisotopic (exact) mass is 297 g/mol. The van der Waals surface area contributed by atoms with Crippen LogP contribution in [0, 0.1) is 10.1 Å². The Labute approximate surface area is 123 Å². The number of likely N-dealkylation sites (tertiary alicyclic amines) is 1. The third kappa shape index (κ3) is 3.48. The van der Waals surface area contributed by atoms with Crippen molar-refractivity contribution in [2.24, 2.45) is 5.73 Å². The number of nitro groups is 1. The molecule has 0 spiro atoms. The summed E-state index contributed by atoms with van der Waals surface area (Å²) < 4.78 is 0. The van der Waals surface area contributed by atoms with Crippen molar-refractivity contribution in [2.45, 2.75) is 38.3 Å². The van der Waals surface area contributed by atoms with Crippen LogP contribution in [0.15, 0.2) is 18.2 Å². The topological polar surface area (TPSA) is 72.4 Å². The predicted molar refractivity (Wildman–Crippen MR) is 79.8 cm³/mol. The van der Waals surface area contributed by atoms with Crippen LogP contribution in [0.2, 0.25) is 5.02 Å². The maximum atomic E-state index is 10.9. The van der Waals surface area contributed by atoms with Crippen LogP contribution in [0.5, 0.6) is 0 Å². The fourth-order valence-electron chi connectivity index (χ4n) is 2.74. The summed E-state index contributed by atoms with van der Waals surface area (Å²) in [4.78, 5) is 12.7. The Morgan fingerprint density at radius 3 is 2.65 bits per heavy atom. The fourth-order valence-corrected chi connectivity index (χ4v) is 2.92. The van der Waals surface area contributed by atoms with Gasteiger partial charge in [0.05, 0.1) is 10.6 Å². The number of hydrogen-bond acceptors (Lipinski definition) is 4. The molecule has 0 aliphatic carbocycles. The molecule has 0 radical (unpaired) electrons. The highest BCUT2D eigenvalue weighted by Crippen LogP contribution is 2.27. The number of piperidine rings is 1. The number of hydrogen-bond donors (Lipinski definition) is 1. The molecule has 1 atom stereocenters. The number of nitro benzene ring substituents is 1. The van der Waals surface area contributed by atoms with E-state index in [1.807, 2.05) is 13.0 Å². The lowest BCUT2D eigenvalue weighted by Gasteiger charge is -2.40. The lowest BCUT2D eigenvalue weighted by atomic mass is 9.97. The number of nitrogens with zero attached hydrogens (tertiary/aromatic N) is 2. The average Bonchev–Trinajstić information content (AvgIpc) is 2.41. The molecule has 1 unspecified atom stereocenters. The summed E-state index contributed by atoms with van der Waals surface area (Å²) in [7, 11) is 0. The number of benzene rings is 1. The second-order valence-corrected chi connectivity index (χ2v) is 6.03. The van der Waals surface area contributed by atoms with Crippen molar-refractivity contribution in [3.8, 4) is 0 Å². The van der Waals surface area contributed by atoms with E-state index >= 15 is 0 Å². The Hall–Kier alpha value is -1.17. The molecule has 20 heavy (non-hydrogen) atoms. The average molecular weight is 298 g/mol. The number of nitrogens with two attached hydrogens (primary N) is 1. The Morgan fingerprint density at radius 1 is 1.40 bits per heavy atom. The van der Waals surface area contributed by atoms with E-state index in [0.29, 0.717) is 6.42 Å². The van der Waals surface area contributed by atoms with E-state index in [0.717, 1.165) is 31.5 Å². The third-order valence-electron chi connectivity index (χ3n) is 3.85. The SMILES string of the molecule is CC(N)(Cc1ccc(Cl)c([N+](=O)[O-])c1)N1CCCCC1. The molecule has 1 aromatic rings. The molecule has 110 valence electrons. The van der Waals surface area contributed by atoms with Crippen LogP contribution in [-0.4, -0.2) is 28.6 Å². The van der Waals surface area contributed by atoms with Gasteiger partial charge < -0.3 is 5.73 Å².